The third-order valence-corrected chi connectivity index (χ3v) is 3.38. The molecule has 0 unspecified atom stereocenters. The van der Waals surface area contributed by atoms with Crippen molar-refractivity contribution in [2.75, 3.05) is 5.73 Å². The fourth-order valence-corrected chi connectivity index (χ4v) is 2.21. The van der Waals surface area contributed by atoms with Crippen LogP contribution in [0.1, 0.15) is 5.01 Å². The molecule has 0 aliphatic carbocycles. The number of halogens is 3. The predicted octanol–water partition coefficient (Wildman–Crippen LogP) is 1.78. The molecular formula is C10H6F3N7S. The molecule has 0 saturated carbocycles. The maximum Gasteiger partial charge on any atom is 0.443 e. The minimum absolute atomic E-state index is 0.0270. The average Bonchev–Trinajstić information content (AvgIpc) is 3.09. The number of rotatable bonds is 2. The second kappa shape index (κ2) is 4.77. The number of alkyl halides is 3. The largest absolute Gasteiger partial charge is 0.443 e. The Morgan fingerprint density at radius 3 is 2.62 bits per heavy atom. The predicted molar refractivity (Wildman–Crippen MR) is 67.5 cm³/mol. The first-order valence-corrected chi connectivity index (χ1v) is 6.28. The fraction of sp³-hybridized carbons (Fsp3) is 0.100. The van der Waals surface area contributed by atoms with Crippen molar-refractivity contribution in [3.05, 3.63) is 29.9 Å². The topological polar surface area (TPSA) is 95.4 Å². The van der Waals surface area contributed by atoms with Crippen LogP contribution in [0.3, 0.4) is 0 Å². The number of nitrogens with zero attached hydrogens (tertiary/aromatic N) is 6. The summed E-state index contributed by atoms with van der Waals surface area (Å²) in [6, 6.07) is 0. The molecule has 0 atom stereocenters. The fourth-order valence-electron chi connectivity index (χ4n) is 1.49. The highest BCUT2D eigenvalue weighted by molar-refractivity contribution is 7.15. The van der Waals surface area contributed by atoms with Crippen molar-refractivity contribution in [1.29, 1.82) is 0 Å². The van der Waals surface area contributed by atoms with Crippen LogP contribution >= 0.6 is 11.3 Å². The molecule has 21 heavy (non-hydrogen) atoms. The maximum absolute atomic E-state index is 12.6. The number of hydrogen-bond acceptors (Lipinski definition) is 7. The Balaban J connectivity index is 2.05. The van der Waals surface area contributed by atoms with E-state index in [0.717, 1.165) is 6.20 Å². The molecule has 0 saturated heterocycles. The van der Waals surface area contributed by atoms with E-state index in [1.807, 2.05) is 0 Å². The molecule has 0 bridgehead atoms. The van der Waals surface area contributed by atoms with Crippen LogP contribution in [0.2, 0.25) is 0 Å². The number of anilines is 1. The van der Waals surface area contributed by atoms with Gasteiger partial charge in [-0.25, -0.2) is 9.97 Å². The Morgan fingerprint density at radius 1 is 1.19 bits per heavy atom. The first-order valence-electron chi connectivity index (χ1n) is 5.47. The molecule has 3 aromatic rings. The number of nitrogen functional groups attached to an aromatic ring is 1. The second-order valence-electron chi connectivity index (χ2n) is 3.81. The molecule has 0 fully saturated rings. The quantitative estimate of drug-likeness (QED) is 0.775. The molecule has 108 valence electrons. The lowest BCUT2D eigenvalue weighted by Crippen LogP contribution is -2.06. The number of hydrogen-bond donors (Lipinski definition) is 1. The lowest BCUT2D eigenvalue weighted by molar-refractivity contribution is -0.137. The summed E-state index contributed by atoms with van der Waals surface area (Å²) in [5.41, 5.74) is 5.56. The number of thiazole rings is 1. The van der Waals surface area contributed by atoms with Crippen LogP contribution in [0.5, 0.6) is 0 Å². The highest BCUT2D eigenvalue weighted by Gasteiger charge is 2.35. The van der Waals surface area contributed by atoms with Crippen LogP contribution in [0.25, 0.3) is 16.6 Å². The van der Waals surface area contributed by atoms with E-state index in [1.54, 1.807) is 6.20 Å². The van der Waals surface area contributed by atoms with Crippen molar-refractivity contribution < 1.29 is 13.2 Å². The smallest absolute Gasteiger partial charge is 0.368 e. The minimum atomic E-state index is -4.51. The van der Waals surface area contributed by atoms with Gasteiger partial charge in [-0.2, -0.15) is 28.1 Å². The van der Waals surface area contributed by atoms with Gasteiger partial charge < -0.3 is 5.73 Å². The van der Waals surface area contributed by atoms with Crippen molar-refractivity contribution in [1.82, 2.24) is 29.5 Å². The van der Waals surface area contributed by atoms with Crippen LogP contribution in [0.4, 0.5) is 19.1 Å². The van der Waals surface area contributed by atoms with Gasteiger partial charge in [0.2, 0.25) is 11.9 Å². The lowest BCUT2D eigenvalue weighted by Gasteiger charge is -2.03. The van der Waals surface area contributed by atoms with Gasteiger partial charge in [-0.05, 0) is 0 Å². The van der Waals surface area contributed by atoms with Crippen molar-refractivity contribution in [2.24, 2.45) is 0 Å². The van der Waals surface area contributed by atoms with E-state index < -0.39 is 11.2 Å². The summed E-state index contributed by atoms with van der Waals surface area (Å²) in [4.78, 5) is 19.1. The van der Waals surface area contributed by atoms with Crippen LogP contribution in [0.15, 0.2) is 24.9 Å². The molecule has 7 nitrogen and oxygen atoms in total. The molecule has 0 aromatic carbocycles. The third kappa shape index (κ3) is 2.67. The minimum Gasteiger partial charge on any atom is -0.368 e. The average molecular weight is 313 g/mol. The van der Waals surface area contributed by atoms with Crippen LogP contribution < -0.4 is 5.73 Å². The van der Waals surface area contributed by atoms with Gasteiger partial charge >= 0.3 is 6.18 Å². The summed E-state index contributed by atoms with van der Waals surface area (Å²) in [5, 5.41) is -0.972. The highest BCUT2D eigenvalue weighted by Crippen LogP contribution is 2.35. The van der Waals surface area contributed by atoms with Crippen molar-refractivity contribution in [3.8, 4) is 16.6 Å². The summed E-state index contributed by atoms with van der Waals surface area (Å²) in [7, 11) is 0. The van der Waals surface area contributed by atoms with Gasteiger partial charge in [0, 0.05) is 18.6 Å². The summed E-state index contributed by atoms with van der Waals surface area (Å²) < 4.78 is 39.1. The third-order valence-electron chi connectivity index (χ3n) is 2.34. The summed E-state index contributed by atoms with van der Waals surface area (Å²) in [6.45, 7) is 0. The zero-order valence-electron chi connectivity index (χ0n) is 10.1. The lowest BCUT2D eigenvalue weighted by atomic mass is 10.5. The Bertz CT molecular complexity index is 765. The van der Waals surface area contributed by atoms with E-state index in [2.05, 4.69) is 24.9 Å². The SMILES string of the molecule is Nc1nc(-c2cnc(C(F)(F)F)s2)nc(-n2ccnc2)n1. The molecule has 0 amide bonds. The van der Waals surface area contributed by atoms with Crippen molar-refractivity contribution in [3.63, 3.8) is 0 Å². The molecule has 0 radical (unpaired) electrons. The molecule has 3 heterocycles. The van der Waals surface area contributed by atoms with E-state index in [1.165, 1.54) is 17.1 Å². The summed E-state index contributed by atoms with van der Waals surface area (Å²) in [6.07, 6.45) is 1.07. The standard InChI is InChI=1S/C10H6F3N7S/c11-10(12,13)7-16-3-5(21-7)6-17-8(14)19-9(18-6)20-2-1-15-4-20/h1-4H,(H2,14,17,18,19). The first-order chi connectivity index (χ1) is 9.93. The Kier molecular flexibility index (Phi) is 3.05. The molecule has 0 aliphatic heterocycles. The number of imidazole rings is 1. The van der Waals surface area contributed by atoms with Gasteiger partial charge in [-0.1, -0.05) is 0 Å². The summed E-state index contributed by atoms with van der Waals surface area (Å²) in [5.74, 6) is 0.0850. The number of aromatic nitrogens is 6. The normalized spacial score (nSPS) is 11.8. The monoisotopic (exact) mass is 313 g/mol. The van der Waals surface area contributed by atoms with Crippen molar-refractivity contribution in [2.45, 2.75) is 6.18 Å². The molecule has 0 aliphatic rings. The van der Waals surface area contributed by atoms with Gasteiger partial charge in [0.1, 0.15) is 6.33 Å². The second-order valence-corrected chi connectivity index (χ2v) is 4.85. The van der Waals surface area contributed by atoms with Crippen LogP contribution in [-0.2, 0) is 6.18 Å². The Hall–Kier alpha value is -2.56. The van der Waals surface area contributed by atoms with Crippen LogP contribution in [0, 0.1) is 0 Å². The molecular weight excluding hydrogens is 307 g/mol. The first kappa shape index (κ1) is 13.4. The van der Waals surface area contributed by atoms with E-state index in [9.17, 15) is 13.2 Å². The molecule has 3 rings (SSSR count). The zero-order chi connectivity index (χ0) is 15.0. The Labute approximate surface area is 119 Å². The van der Waals surface area contributed by atoms with Crippen molar-refractivity contribution >= 4 is 17.3 Å². The van der Waals surface area contributed by atoms with Gasteiger partial charge in [0.25, 0.3) is 0 Å². The molecule has 2 N–H and O–H groups in total. The maximum atomic E-state index is 12.6. The van der Waals surface area contributed by atoms with Gasteiger partial charge in [-0.15, -0.1) is 11.3 Å². The van der Waals surface area contributed by atoms with E-state index >= 15 is 0 Å². The molecule has 3 aromatic heterocycles. The highest BCUT2D eigenvalue weighted by atomic mass is 32.1. The van der Waals surface area contributed by atoms with E-state index in [0.29, 0.717) is 11.3 Å². The van der Waals surface area contributed by atoms with Crippen LogP contribution in [-0.4, -0.2) is 29.5 Å². The van der Waals surface area contributed by atoms with Gasteiger partial charge in [0.15, 0.2) is 10.8 Å². The zero-order valence-corrected chi connectivity index (χ0v) is 10.9. The Morgan fingerprint density at radius 2 is 2.00 bits per heavy atom. The van der Waals surface area contributed by atoms with Gasteiger partial charge in [0.05, 0.1) is 4.88 Å². The number of nitrogens with two attached hydrogens (primary N) is 1. The summed E-state index contributed by atoms with van der Waals surface area (Å²) >= 11 is 0.438. The molecule has 0 spiro atoms. The van der Waals surface area contributed by atoms with E-state index in [4.69, 9.17) is 5.73 Å². The molecule has 11 heteroatoms. The van der Waals surface area contributed by atoms with Gasteiger partial charge in [-0.3, -0.25) is 4.57 Å². The van der Waals surface area contributed by atoms with E-state index in [-0.39, 0.29) is 22.6 Å².